The van der Waals surface area contributed by atoms with Crippen molar-refractivity contribution in [1.82, 2.24) is 15.0 Å². The highest BCUT2D eigenvalue weighted by atomic mass is 16.1. The normalized spacial score (nSPS) is 9.33. The smallest absolute Gasteiger partial charge is 0.181 e. The molecule has 0 aliphatic rings. The molecule has 0 aliphatic heterocycles. The summed E-state index contributed by atoms with van der Waals surface area (Å²) < 4.78 is 1.57. The molecule has 0 unspecified atom stereocenters. The fourth-order valence-electron chi connectivity index (χ4n) is 0.748. The van der Waals surface area contributed by atoms with E-state index in [1.54, 1.807) is 10.9 Å². The molecule has 0 N–H and O–H groups in total. The van der Waals surface area contributed by atoms with E-state index in [-0.39, 0.29) is 5.78 Å². The van der Waals surface area contributed by atoms with Gasteiger partial charge in [0.15, 0.2) is 5.78 Å². The van der Waals surface area contributed by atoms with Crippen LogP contribution in [0.2, 0.25) is 0 Å². The summed E-state index contributed by atoms with van der Waals surface area (Å²) in [5, 5.41) is 7.39. The fraction of sp³-hybridized carbons (Fsp3) is 0.375. The average molecular weight is 163 g/mol. The molecule has 0 atom stereocenters. The van der Waals surface area contributed by atoms with Crippen molar-refractivity contribution in [3.8, 4) is 12.3 Å². The second-order valence-electron chi connectivity index (χ2n) is 2.38. The number of terminal acetylenes is 1. The quantitative estimate of drug-likeness (QED) is 0.481. The lowest BCUT2D eigenvalue weighted by Crippen LogP contribution is -1.97. The van der Waals surface area contributed by atoms with Crippen molar-refractivity contribution in [3.63, 3.8) is 0 Å². The molecule has 12 heavy (non-hydrogen) atoms. The molecule has 0 fully saturated rings. The van der Waals surface area contributed by atoms with Crippen LogP contribution in [0, 0.1) is 12.3 Å². The first-order valence-electron chi connectivity index (χ1n) is 3.58. The van der Waals surface area contributed by atoms with Gasteiger partial charge in [-0.3, -0.25) is 9.48 Å². The number of carbonyl (C=O) groups excluding carboxylic acids is 1. The van der Waals surface area contributed by atoms with Crippen LogP contribution in [-0.4, -0.2) is 20.8 Å². The minimum absolute atomic E-state index is 0.0815. The van der Waals surface area contributed by atoms with Gasteiger partial charge in [-0.25, -0.2) is 0 Å². The molecular formula is C8H9N3O. The highest BCUT2D eigenvalue weighted by Gasteiger charge is 2.03. The van der Waals surface area contributed by atoms with E-state index in [9.17, 15) is 4.79 Å². The topological polar surface area (TPSA) is 47.8 Å². The number of rotatable bonds is 3. The number of Topliss-reactive ketones (excluding diaryl/α,β-unsaturated/α-hetero) is 1. The Morgan fingerprint density at radius 3 is 3.08 bits per heavy atom. The summed E-state index contributed by atoms with van der Waals surface area (Å²) in [6.07, 6.45) is 7.26. The lowest BCUT2D eigenvalue weighted by molar-refractivity contribution is 0.101. The van der Waals surface area contributed by atoms with Crippen molar-refractivity contribution >= 4 is 5.78 Å². The zero-order valence-corrected chi connectivity index (χ0v) is 6.82. The molecule has 4 nitrogen and oxygen atoms in total. The number of nitrogens with zero attached hydrogens (tertiary/aromatic N) is 3. The van der Waals surface area contributed by atoms with Gasteiger partial charge in [0.2, 0.25) is 0 Å². The third-order valence-electron chi connectivity index (χ3n) is 1.38. The van der Waals surface area contributed by atoms with Crippen molar-refractivity contribution in [2.75, 3.05) is 0 Å². The third kappa shape index (κ3) is 1.92. The Kier molecular flexibility index (Phi) is 2.59. The van der Waals surface area contributed by atoms with Crippen molar-refractivity contribution in [3.05, 3.63) is 11.9 Å². The van der Waals surface area contributed by atoms with E-state index in [0.717, 1.165) is 0 Å². The molecule has 1 rings (SSSR count). The number of carbonyl (C=O) groups is 1. The summed E-state index contributed by atoms with van der Waals surface area (Å²) in [5.41, 5.74) is 0.382. The first kappa shape index (κ1) is 8.47. The molecule has 0 radical (unpaired) electrons. The summed E-state index contributed by atoms with van der Waals surface area (Å²) in [5.74, 6) is 2.40. The Labute approximate surface area is 70.6 Å². The predicted octanol–water partition coefficient (Wildman–Crippen LogP) is 0.504. The molecule has 0 spiro atoms. The van der Waals surface area contributed by atoms with Crippen LogP contribution in [0.15, 0.2) is 6.20 Å². The van der Waals surface area contributed by atoms with E-state index in [1.807, 2.05) is 0 Å². The largest absolute Gasteiger partial charge is 0.293 e. The van der Waals surface area contributed by atoms with Gasteiger partial charge in [0.05, 0.1) is 12.7 Å². The van der Waals surface area contributed by atoms with Gasteiger partial charge in [-0.1, -0.05) is 5.21 Å². The van der Waals surface area contributed by atoms with Crippen molar-refractivity contribution in [2.24, 2.45) is 0 Å². The Morgan fingerprint density at radius 1 is 1.83 bits per heavy atom. The molecule has 0 aliphatic carbocycles. The van der Waals surface area contributed by atoms with E-state index in [1.165, 1.54) is 6.92 Å². The lowest BCUT2D eigenvalue weighted by atomic mass is 10.3. The van der Waals surface area contributed by atoms with E-state index in [2.05, 4.69) is 16.2 Å². The summed E-state index contributed by atoms with van der Waals surface area (Å²) >= 11 is 0. The van der Waals surface area contributed by atoms with Crippen LogP contribution in [0.3, 0.4) is 0 Å². The van der Waals surface area contributed by atoms with Crippen molar-refractivity contribution in [1.29, 1.82) is 0 Å². The molecule has 0 amide bonds. The molecule has 1 aromatic heterocycles. The Hall–Kier alpha value is -1.63. The van der Waals surface area contributed by atoms with Crippen molar-refractivity contribution < 1.29 is 4.79 Å². The molecule has 1 aromatic rings. The molecule has 0 saturated heterocycles. The maximum Gasteiger partial charge on any atom is 0.181 e. The Bertz CT molecular complexity index is 321. The maximum absolute atomic E-state index is 10.8. The van der Waals surface area contributed by atoms with Gasteiger partial charge in [-0.15, -0.1) is 17.4 Å². The second kappa shape index (κ2) is 3.67. The predicted molar refractivity (Wildman–Crippen MR) is 43.5 cm³/mol. The molecule has 0 saturated carbocycles. The highest BCUT2D eigenvalue weighted by Crippen LogP contribution is 1.94. The zero-order chi connectivity index (χ0) is 8.97. The summed E-state index contributed by atoms with van der Waals surface area (Å²) in [7, 11) is 0. The molecule has 4 heteroatoms. The van der Waals surface area contributed by atoms with Crippen LogP contribution in [0.5, 0.6) is 0 Å². The zero-order valence-electron chi connectivity index (χ0n) is 6.82. The first-order chi connectivity index (χ1) is 5.74. The van der Waals surface area contributed by atoms with Crippen LogP contribution in [-0.2, 0) is 6.54 Å². The van der Waals surface area contributed by atoms with Gasteiger partial charge >= 0.3 is 0 Å². The number of hydrogen-bond donors (Lipinski definition) is 0. The molecule has 1 heterocycles. The highest BCUT2D eigenvalue weighted by molar-refractivity contribution is 5.91. The Balaban J connectivity index is 2.66. The third-order valence-corrected chi connectivity index (χ3v) is 1.38. The molecule has 62 valence electrons. The number of hydrogen-bond acceptors (Lipinski definition) is 3. The minimum atomic E-state index is -0.0815. The second-order valence-corrected chi connectivity index (χ2v) is 2.38. The molecular weight excluding hydrogens is 154 g/mol. The van der Waals surface area contributed by atoms with E-state index in [0.29, 0.717) is 18.7 Å². The van der Waals surface area contributed by atoms with E-state index in [4.69, 9.17) is 6.42 Å². The Morgan fingerprint density at radius 2 is 2.58 bits per heavy atom. The van der Waals surface area contributed by atoms with Gasteiger partial charge in [0.1, 0.15) is 5.69 Å². The standard InChI is InChI=1S/C8H9N3O/c1-3-4-5-11-6-8(7(2)12)9-10-11/h1,6H,4-5H2,2H3. The van der Waals surface area contributed by atoms with Gasteiger partial charge in [-0.2, -0.15) is 0 Å². The van der Waals surface area contributed by atoms with E-state index < -0.39 is 0 Å². The summed E-state index contributed by atoms with van der Waals surface area (Å²) in [6.45, 7) is 2.06. The lowest BCUT2D eigenvalue weighted by Gasteiger charge is -1.91. The number of aromatic nitrogens is 3. The maximum atomic E-state index is 10.8. The van der Waals surface area contributed by atoms with Crippen molar-refractivity contribution in [2.45, 2.75) is 19.9 Å². The molecule has 0 bridgehead atoms. The van der Waals surface area contributed by atoms with Gasteiger partial charge in [0, 0.05) is 13.3 Å². The monoisotopic (exact) mass is 163 g/mol. The summed E-state index contributed by atoms with van der Waals surface area (Å²) in [4.78, 5) is 10.8. The average Bonchev–Trinajstić information content (AvgIpc) is 2.48. The van der Waals surface area contributed by atoms with Gasteiger partial charge in [0.25, 0.3) is 0 Å². The summed E-state index contributed by atoms with van der Waals surface area (Å²) in [6, 6.07) is 0. The minimum Gasteiger partial charge on any atom is -0.293 e. The van der Waals surface area contributed by atoms with Crippen LogP contribution in [0.25, 0.3) is 0 Å². The number of ketones is 1. The van der Waals surface area contributed by atoms with E-state index >= 15 is 0 Å². The van der Waals surface area contributed by atoms with Crippen LogP contribution < -0.4 is 0 Å². The van der Waals surface area contributed by atoms with Crippen LogP contribution in [0.1, 0.15) is 23.8 Å². The van der Waals surface area contributed by atoms with Gasteiger partial charge in [-0.05, 0) is 0 Å². The number of aryl methyl sites for hydroxylation is 1. The first-order valence-corrected chi connectivity index (χ1v) is 3.58. The molecule has 0 aromatic carbocycles. The van der Waals surface area contributed by atoms with Gasteiger partial charge < -0.3 is 0 Å². The van der Waals surface area contributed by atoms with Crippen LogP contribution in [0.4, 0.5) is 0 Å². The SMILES string of the molecule is C#CCCn1cc(C(C)=O)nn1. The fourth-order valence-corrected chi connectivity index (χ4v) is 0.748. The van der Waals surface area contributed by atoms with Crippen LogP contribution >= 0.6 is 0 Å².